The molecule has 0 fully saturated rings. The maximum Gasteiger partial charge on any atom is 0.416 e. The maximum atomic E-state index is 13.2. The minimum absolute atomic E-state index is 0.339. The summed E-state index contributed by atoms with van der Waals surface area (Å²) in [4.78, 5) is 4.64. The van der Waals surface area contributed by atoms with E-state index < -0.39 is 11.7 Å². The highest BCUT2D eigenvalue weighted by molar-refractivity contribution is 7.26. The van der Waals surface area contributed by atoms with Gasteiger partial charge in [-0.1, -0.05) is 44.2 Å². The van der Waals surface area contributed by atoms with E-state index in [0.29, 0.717) is 10.6 Å². The molecule has 0 atom stereocenters. The molecule has 0 spiro atoms. The molecule has 2 aromatic heterocycles. The van der Waals surface area contributed by atoms with Gasteiger partial charge in [-0.3, -0.25) is 4.98 Å². The molecule has 0 saturated carbocycles. The van der Waals surface area contributed by atoms with Gasteiger partial charge in [0.05, 0.1) is 16.0 Å². The van der Waals surface area contributed by atoms with Crippen molar-refractivity contribution in [1.29, 1.82) is 0 Å². The summed E-state index contributed by atoms with van der Waals surface area (Å²) in [6.07, 6.45) is -2.61. The van der Waals surface area contributed by atoms with Crippen LogP contribution in [0.1, 0.15) is 30.9 Å². The first kappa shape index (κ1) is 19.1. The Balaban J connectivity index is 1.79. The van der Waals surface area contributed by atoms with E-state index in [1.165, 1.54) is 28.4 Å². The first-order valence-corrected chi connectivity index (χ1v) is 10.6. The van der Waals surface area contributed by atoms with Gasteiger partial charge in [-0.05, 0) is 52.6 Å². The van der Waals surface area contributed by atoms with E-state index >= 15 is 0 Å². The van der Waals surface area contributed by atoms with Gasteiger partial charge in [-0.25, -0.2) is 0 Å². The number of hydrogen-bond donors (Lipinski definition) is 0. The molecular formula is C25H18F3NS. The van der Waals surface area contributed by atoms with Crippen LogP contribution in [-0.4, -0.2) is 4.98 Å². The molecule has 30 heavy (non-hydrogen) atoms. The van der Waals surface area contributed by atoms with Crippen LogP contribution in [0.2, 0.25) is 0 Å². The van der Waals surface area contributed by atoms with Gasteiger partial charge in [0.1, 0.15) is 0 Å². The zero-order valence-electron chi connectivity index (χ0n) is 16.4. The molecule has 3 aromatic carbocycles. The Morgan fingerprint density at radius 3 is 2.43 bits per heavy atom. The fraction of sp³-hybridized carbons (Fsp3) is 0.160. The molecular weight excluding hydrogens is 403 g/mol. The van der Waals surface area contributed by atoms with E-state index in [1.807, 2.05) is 18.2 Å². The van der Waals surface area contributed by atoms with Crippen molar-refractivity contribution in [3.8, 4) is 11.3 Å². The lowest BCUT2D eigenvalue weighted by Crippen LogP contribution is -2.03. The Hall–Kier alpha value is -2.92. The summed E-state index contributed by atoms with van der Waals surface area (Å²) in [6.45, 7) is 4.33. The first-order valence-electron chi connectivity index (χ1n) is 9.74. The number of fused-ring (bicyclic) bond motifs is 4. The van der Waals surface area contributed by atoms with Crippen LogP contribution in [-0.2, 0) is 6.18 Å². The van der Waals surface area contributed by atoms with Gasteiger partial charge in [-0.15, -0.1) is 11.3 Å². The standard InChI is InChI=1S/C25H18F3NS/c1-14(2)21-12-16(11-15-5-3-4-6-18(15)21)23-24-20(9-10-29-23)19-8-7-17(25(26,27)28)13-22(19)30-24/h3-14H,1-2H3. The molecule has 5 heteroatoms. The Morgan fingerprint density at radius 1 is 0.867 bits per heavy atom. The number of pyridine rings is 1. The van der Waals surface area contributed by atoms with Crippen molar-refractivity contribution < 1.29 is 13.2 Å². The zero-order chi connectivity index (χ0) is 21.0. The minimum Gasteiger partial charge on any atom is -0.255 e. The average Bonchev–Trinajstić information content (AvgIpc) is 3.10. The number of benzene rings is 3. The number of aromatic nitrogens is 1. The highest BCUT2D eigenvalue weighted by atomic mass is 32.1. The van der Waals surface area contributed by atoms with Gasteiger partial charge in [0, 0.05) is 27.2 Å². The molecule has 0 radical (unpaired) electrons. The Labute approximate surface area is 175 Å². The van der Waals surface area contributed by atoms with Gasteiger partial charge in [0.15, 0.2) is 0 Å². The smallest absolute Gasteiger partial charge is 0.255 e. The third-order valence-electron chi connectivity index (χ3n) is 5.50. The van der Waals surface area contributed by atoms with E-state index in [1.54, 1.807) is 12.3 Å². The van der Waals surface area contributed by atoms with E-state index in [4.69, 9.17) is 0 Å². The molecule has 0 unspecified atom stereocenters. The summed E-state index contributed by atoms with van der Waals surface area (Å²) in [6, 6.07) is 18.4. The van der Waals surface area contributed by atoms with E-state index in [9.17, 15) is 13.2 Å². The summed E-state index contributed by atoms with van der Waals surface area (Å²) in [5.41, 5.74) is 2.42. The van der Waals surface area contributed by atoms with Crippen LogP contribution in [0, 0.1) is 0 Å². The number of hydrogen-bond acceptors (Lipinski definition) is 2. The fourth-order valence-corrected chi connectivity index (χ4v) is 5.29. The van der Waals surface area contributed by atoms with Crippen molar-refractivity contribution in [1.82, 2.24) is 4.98 Å². The second kappa shape index (κ2) is 6.81. The van der Waals surface area contributed by atoms with Crippen molar-refractivity contribution >= 4 is 42.3 Å². The van der Waals surface area contributed by atoms with Gasteiger partial charge >= 0.3 is 6.18 Å². The third kappa shape index (κ3) is 3.05. The number of alkyl halides is 3. The van der Waals surface area contributed by atoms with Crippen molar-refractivity contribution in [2.24, 2.45) is 0 Å². The zero-order valence-corrected chi connectivity index (χ0v) is 17.2. The number of halogens is 3. The average molecular weight is 421 g/mol. The maximum absolute atomic E-state index is 13.2. The summed E-state index contributed by atoms with van der Waals surface area (Å²) < 4.78 is 41.1. The third-order valence-corrected chi connectivity index (χ3v) is 6.68. The predicted molar refractivity (Wildman–Crippen MR) is 119 cm³/mol. The quantitative estimate of drug-likeness (QED) is 0.279. The molecule has 0 amide bonds. The molecule has 2 heterocycles. The van der Waals surface area contributed by atoms with Crippen LogP contribution in [0.25, 0.3) is 42.2 Å². The molecule has 150 valence electrons. The van der Waals surface area contributed by atoms with Crippen molar-refractivity contribution in [2.45, 2.75) is 25.9 Å². The summed E-state index contributed by atoms with van der Waals surface area (Å²) in [5.74, 6) is 0.339. The highest BCUT2D eigenvalue weighted by Crippen LogP contribution is 2.42. The van der Waals surface area contributed by atoms with E-state index in [0.717, 1.165) is 38.2 Å². The van der Waals surface area contributed by atoms with Gasteiger partial charge in [0.25, 0.3) is 0 Å². The lowest BCUT2D eigenvalue weighted by Gasteiger charge is -2.13. The van der Waals surface area contributed by atoms with Crippen molar-refractivity contribution in [2.75, 3.05) is 0 Å². The largest absolute Gasteiger partial charge is 0.416 e. The van der Waals surface area contributed by atoms with Crippen LogP contribution in [0.3, 0.4) is 0 Å². The second-order valence-corrected chi connectivity index (χ2v) is 8.84. The Kier molecular flexibility index (Phi) is 4.33. The monoisotopic (exact) mass is 421 g/mol. The van der Waals surface area contributed by atoms with Crippen LogP contribution in [0.5, 0.6) is 0 Å². The van der Waals surface area contributed by atoms with E-state index in [2.05, 4.69) is 43.1 Å². The van der Waals surface area contributed by atoms with Crippen molar-refractivity contribution in [3.63, 3.8) is 0 Å². The van der Waals surface area contributed by atoms with Gasteiger partial charge < -0.3 is 0 Å². The van der Waals surface area contributed by atoms with Crippen LogP contribution >= 0.6 is 11.3 Å². The van der Waals surface area contributed by atoms with Gasteiger partial charge in [-0.2, -0.15) is 13.2 Å². The predicted octanol–water partition coefficient (Wildman–Crippen LogP) is 8.41. The summed E-state index contributed by atoms with van der Waals surface area (Å²) in [5, 5.41) is 4.12. The molecule has 1 nitrogen and oxygen atoms in total. The summed E-state index contributed by atoms with van der Waals surface area (Å²) in [7, 11) is 0. The van der Waals surface area contributed by atoms with Crippen molar-refractivity contribution in [3.05, 3.63) is 78.0 Å². The molecule has 5 rings (SSSR count). The van der Waals surface area contributed by atoms with E-state index in [-0.39, 0.29) is 0 Å². The lowest BCUT2D eigenvalue weighted by atomic mass is 9.92. The number of thiophene rings is 1. The first-order chi connectivity index (χ1) is 14.3. The van der Waals surface area contributed by atoms with Crippen LogP contribution in [0.15, 0.2) is 66.9 Å². The normalized spacial score (nSPS) is 12.5. The molecule has 0 aliphatic carbocycles. The lowest BCUT2D eigenvalue weighted by molar-refractivity contribution is -0.137. The topological polar surface area (TPSA) is 12.9 Å². The molecule has 0 N–H and O–H groups in total. The number of nitrogens with zero attached hydrogens (tertiary/aromatic N) is 1. The van der Waals surface area contributed by atoms with Crippen LogP contribution in [0.4, 0.5) is 13.2 Å². The molecule has 0 aliphatic rings. The summed E-state index contributed by atoms with van der Waals surface area (Å²) >= 11 is 1.37. The Morgan fingerprint density at radius 2 is 1.67 bits per heavy atom. The SMILES string of the molecule is CC(C)c1cc(-c2nccc3c2sc2cc(C(F)(F)F)ccc23)cc2ccccc12. The molecule has 0 saturated heterocycles. The molecule has 0 bridgehead atoms. The van der Waals surface area contributed by atoms with Crippen LogP contribution < -0.4 is 0 Å². The molecule has 5 aromatic rings. The number of rotatable bonds is 2. The fourth-order valence-electron chi connectivity index (χ4n) is 4.04. The van der Waals surface area contributed by atoms with Gasteiger partial charge in [0.2, 0.25) is 0 Å². The highest BCUT2D eigenvalue weighted by Gasteiger charge is 2.30. The Bertz CT molecular complexity index is 1410. The second-order valence-electron chi connectivity index (χ2n) is 7.79. The minimum atomic E-state index is -4.35. The molecule has 0 aliphatic heterocycles.